The summed E-state index contributed by atoms with van der Waals surface area (Å²) in [5, 5.41) is 13.3. The number of furan rings is 1. The van der Waals surface area contributed by atoms with Crippen molar-refractivity contribution >= 4 is 5.91 Å². The highest BCUT2D eigenvalue weighted by Crippen LogP contribution is 2.23. The highest BCUT2D eigenvalue weighted by molar-refractivity contribution is 5.92. The number of aromatic nitrogens is 2. The van der Waals surface area contributed by atoms with Gasteiger partial charge < -0.3 is 14.1 Å². The van der Waals surface area contributed by atoms with E-state index in [1.54, 1.807) is 47.4 Å². The number of aryl methyl sites for hydroxylation is 1. The predicted octanol–water partition coefficient (Wildman–Crippen LogP) is 3.34. The zero-order valence-corrected chi connectivity index (χ0v) is 15.3. The Labute approximate surface area is 157 Å². The van der Waals surface area contributed by atoms with Crippen molar-refractivity contribution < 1.29 is 13.9 Å². The smallest absolute Gasteiger partial charge is 0.274 e. The summed E-state index contributed by atoms with van der Waals surface area (Å²) in [4.78, 5) is 14.5. The fraction of sp³-hybridized carbons (Fsp3) is 0.250. The molecule has 0 bridgehead atoms. The van der Waals surface area contributed by atoms with Crippen molar-refractivity contribution in [2.75, 3.05) is 13.7 Å². The average molecular weight is 364 g/mol. The van der Waals surface area contributed by atoms with Gasteiger partial charge in [0.05, 0.1) is 32.4 Å². The van der Waals surface area contributed by atoms with Crippen LogP contribution in [0.1, 0.15) is 28.2 Å². The number of carbonyl (C=O) groups is 1. The lowest BCUT2D eigenvalue weighted by molar-refractivity contribution is 0.0729. The molecule has 1 aromatic carbocycles. The van der Waals surface area contributed by atoms with E-state index >= 15 is 0 Å². The number of methoxy groups -OCH3 is 1. The summed E-state index contributed by atoms with van der Waals surface area (Å²) in [5.41, 5.74) is 2.11. The van der Waals surface area contributed by atoms with E-state index in [-0.39, 0.29) is 18.9 Å². The fourth-order valence-corrected chi connectivity index (χ4v) is 2.74. The van der Waals surface area contributed by atoms with Gasteiger partial charge in [-0.05, 0) is 42.8 Å². The van der Waals surface area contributed by atoms with E-state index in [1.165, 1.54) is 0 Å². The molecule has 0 unspecified atom stereocenters. The quantitative estimate of drug-likeness (QED) is 0.642. The van der Waals surface area contributed by atoms with Crippen molar-refractivity contribution in [1.29, 1.82) is 5.26 Å². The molecule has 3 rings (SSSR count). The lowest BCUT2D eigenvalue weighted by Gasteiger charge is -2.19. The van der Waals surface area contributed by atoms with Gasteiger partial charge in [0.15, 0.2) is 5.69 Å². The molecule has 138 valence electrons. The number of amides is 1. The first-order valence-electron chi connectivity index (χ1n) is 8.51. The second-order valence-corrected chi connectivity index (χ2v) is 6.04. The number of nitriles is 1. The predicted molar refractivity (Wildman–Crippen MR) is 98.5 cm³/mol. The normalized spacial score (nSPS) is 10.4. The van der Waals surface area contributed by atoms with Crippen LogP contribution in [0.4, 0.5) is 0 Å². The van der Waals surface area contributed by atoms with Crippen LogP contribution in [-0.2, 0) is 6.54 Å². The molecule has 0 spiro atoms. The lowest BCUT2D eigenvalue weighted by atomic mass is 10.2. The van der Waals surface area contributed by atoms with Crippen LogP contribution in [0.3, 0.4) is 0 Å². The Bertz CT molecular complexity index is 954. The van der Waals surface area contributed by atoms with Gasteiger partial charge in [-0.25, -0.2) is 4.68 Å². The second kappa shape index (κ2) is 8.23. The van der Waals surface area contributed by atoms with E-state index in [4.69, 9.17) is 14.4 Å². The molecule has 3 aromatic rings. The monoisotopic (exact) mass is 364 g/mol. The number of hydrogen-bond donors (Lipinski definition) is 0. The molecule has 0 aliphatic heterocycles. The SMILES string of the molecule is COc1ccc(C)cc1-n1ccc(C(=O)N(CCC#N)Cc2ccco2)n1. The standard InChI is InChI=1S/C20H20N4O3/c1-15-6-7-19(26-2)18(13-15)24-11-8-17(22-24)20(25)23(10-4-9-21)14-16-5-3-12-27-16/h3,5-8,11-13H,4,10,14H2,1-2H3. The summed E-state index contributed by atoms with van der Waals surface area (Å²) in [6, 6.07) is 13.0. The molecule has 0 saturated carbocycles. The topological polar surface area (TPSA) is 84.3 Å². The van der Waals surface area contributed by atoms with Crippen LogP contribution in [0.5, 0.6) is 5.75 Å². The maximum Gasteiger partial charge on any atom is 0.274 e. The first kappa shape index (κ1) is 18.3. The maximum atomic E-state index is 12.9. The highest BCUT2D eigenvalue weighted by Gasteiger charge is 2.20. The van der Waals surface area contributed by atoms with Crippen LogP contribution in [0, 0.1) is 18.3 Å². The molecule has 0 fully saturated rings. The number of ether oxygens (including phenoxy) is 1. The molecule has 0 saturated heterocycles. The molecule has 0 aliphatic rings. The van der Waals surface area contributed by atoms with Gasteiger partial charge in [0.25, 0.3) is 5.91 Å². The summed E-state index contributed by atoms with van der Waals surface area (Å²) in [6.07, 6.45) is 3.51. The first-order valence-corrected chi connectivity index (χ1v) is 8.51. The van der Waals surface area contributed by atoms with Gasteiger partial charge in [-0.1, -0.05) is 6.07 Å². The second-order valence-electron chi connectivity index (χ2n) is 6.04. The molecular weight excluding hydrogens is 344 g/mol. The van der Waals surface area contributed by atoms with Gasteiger partial charge in [0, 0.05) is 12.7 Å². The van der Waals surface area contributed by atoms with E-state index < -0.39 is 0 Å². The van der Waals surface area contributed by atoms with Gasteiger partial charge in [-0.3, -0.25) is 4.79 Å². The Balaban J connectivity index is 1.86. The van der Waals surface area contributed by atoms with Gasteiger partial charge in [0.2, 0.25) is 0 Å². The molecule has 27 heavy (non-hydrogen) atoms. The van der Waals surface area contributed by atoms with Crippen molar-refractivity contribution in [3.8, 4) is 17.5 Å². The number of hydrogen-bond acceptors (Lipinski definition) is 5. The number of benzene rings is 1. The van der Waals surface area contributed by atoms with Crippen molar-refractivity contribution in [2.45, 2.75) is 19.9 Å². The van der Waals surface area contributed by atoms with Crippen molar-refractivity contribution in [2.24, 2.45) is 0 Å². The lowest BCUT2D eigenvalue weighted by Crippen LogP contribution is -2.31. The molecule has 7 heteroatoms. The van der Waals surface area contributed by atoms with Gasteiger partial charge in [-0.15, -0.1) is 0 Å². The molecule has 0 N–H and O–H groups in total. The fourth-order valence-electron chi connectivity index (χ4n) is 2.74. The molecule has 7 nitrogen and oxygen atoms in total. The van der Waals surface area contributed by atoms with Crippen LogP contribution < -0.4 is 4.74 Å². The zero-order chi connectivity index (χ0) is 19.2. The minimum atomic E-state index is -0.257. The van der Waals surface area contributed by atoms with Crippen molar-refractivity contribution in [1.82, 2.24) is 14.7 Å². The largest absolute Gasteiger partial charge is 0.494 e. The summed E-state index contributed by atoms with van der Waals surface area (Å²) in [5.74, 6) is 1.06. The Morgan fingerprint density at radius 3 is 2.93 bits per heavy atom. The minimum Gasteiger partial charge on any atom is -0.494 e. The molecule has 2 aromatic heterocycles. The summed E-state index contributed by atoms with van der Waals surface area (Å²) in [7, 11) is 1.59. The molecule has 0 radical (unpaired) electrons. The van der Waals surface area contributed by atoms with E-state index in [0.29, 0.717) is 23.7 Å². The highest BCUT2D eigenvalue weighted by atomic mass is 16.5. The zero-order valence-electron chi connectivity index (χ0n) is 15.3. The molecular formula is C20H20N4O3. The van der Waals surface area contributed by atoms with Crippen LogP contribution in [0.25, 0.3) is 5.69 Å². The summed E-state index contributed by atoms with van der Waals surface area (Å²) >= 11 is 0. The van der Waals surface area contributed by atoms with Gasteiger partial charge >= 0.3 is 0 Å². The summed E-state index contributed by atoms with van der Waals surface area (Å²) in [6.45, 7) is 2.57. The Morgan fingerprint density at radius 2 is 2.22 bits per heavy atom. The number of carbonyl (C=O) groups excluding carboxylic acids is 1. The third-order valence-corrected chi connectivity index (χ3v) is 4.10. The van der Waals surface area contributed by atoms with Crippen LogP contribution >= 0.6 is 0 Å². The third kappa shape index (κ3) is 4.18. The maximum absolute atomic E-state index is 12.9. The Hall–Kier alpha value is -3.53. The summed E-state index contributed by atoms with van der Waals surface area (Å²) < 4.78 is 12.3. The molecule has 2 heterocycles. The Kier molecular flexibility index (Phi) is 5.57. The van der Waals surface area contributed by atoms with E-state index in [9.17, 15) is 4.79 Å². The van der Waals surface area contributed by atoms with Gasteiger partial charge in [-0.2, -0.15) is 10.4 Å². The van der Waals surface area contributed by atoms with Crippen LogP contribution in [0.15, 0.2) is 53.3 Å². The average Bonchev–Trinajstić information content (AvgIpc) is 3.36. The van der Waals surface area contributed by atoms with Crippen LogP contribution in [-0.4, -0.2) is 34.2 Å². The van der Waals surface area contributed by atoms with Crippen molar-refractivity contribution in [3.63, 3.8) is 0 Å². The van der Waals surface area contributed by atoms with E-state index in [2.05, 4.69) is 11.2 Å². The first-order chi connectivity index (χ1) is 13.1. The molecule has 0 atom stereocenters. The molecule has 1 amide bonds. The minimum absolute atomic E-state index is 0.235. The molecule has 0 aliphatic carbocycles. The Morgan fingerprint density at radius 1 is 1.37 bits per heavy atom. The van der Waals surface area contributed by atoms with E-state index in [1.807, 2.05) is 25.1 Å². The van der Waals surface area contributed by atoms with E-state index in [0.717, 1.165) is 11.3 Å². The van der Waals surface area contributed by atoms with Crippen molar-refractivity contribution in [3.05, 3.63) is 65.9 Å². The third-order valence-electron chi connectivity index (χ3n) is 4.10. The van der Waals surface area contributed by atoms with Crippen LogP contribution in [0.2, 0.25) is 0 Å². The number of nitrogens with zero attached hydrogens (tertiary/aromatic N) is 4. The van der Waals surface area contributed by atoms with Gasteiger partial charge in [0.1, 0.15) is 17.2 Å². The number of rotatable bonds is 7.